The number of hydrogen-bond donors (Lipinski definition) is 1. The Labute approximate surface area is 151 Å². The smallest absolute Gasteiger partial charge is 0.347 e. The number of nitrogens with zero attached hydrogens (tertiary/aromatic N) is 1. The second kappa shape index (κ2) is 8.83. The molecule has 0 aromatic heterocycles. The van der Waals surface area contributed by atoms with Crippen LogP contribution in [0, 0.1) is 11.8 Å². The van der Waals surface area contributed by atoms with Crippen molar-refractivity contribution in [3.63, 3.8) is 0 Å². The molecule has 0 aliphatic carbocycles. The summed E-state index contributed by atoms with van der Waals surface area (Å²) in [6.45, 7) is 6.93. The zero-order valence-electron chi connectivity index (χ0n) is 14.4. The average Bonchev–Trinajstić information content (AvgIpc) is 2.66. The topological polar surface area (TPSA) is 93.1 Å². The molecule has 136 valence electrons. The van der Waals surface area contributed by atoms with E-state index in [2.05, 4.69) is 18.4 Å². The molecular weight excluding hydrogens is 338 g/mol. The van der Waals surface area contributed by atoms with Crippen molar-refractivity contribution in [1.29, 1.82) is 0 Å². The van der Waals surface area contributed by atoms with Gasteiger partial charge in [0.25, 0.3) is 5.91 Å². The van der Waals surface area contributed by atoms with E-state index in [0.717, 1.165) is 0 Å². The molecule has 0 aromatic rings. The molecule has 1 saturated heterocycles. The first-order valence-corrected chi connectivity index (χ1v) is 7.95. The molecule has 1 N–H and O–H groups in total. The van der Waals surface area contributed by atoms with Crippen LogP contribution < -0.4 is 0 Å². The van der Waals surface area contributed by atoms with Crippen LogP contribution in [0.5, 0.6) is 0 Å². The Morgan fingerprint density at radius 2 is 2.04 bits per heavy atom. The van der Waals surface area contributed by atoms with Crippen molar-refractivity contribution in [2.75, 3.05) is 32.9 Å². The van der Waals surface area contributed by atoms with Crippen molar-refractivity contribution >= 4 is 18.2 Å². The third-order valence-corrected chi connectivity index (χ3v) is 3.93. The Kier molecular flexibility index (Phi) is 6.53. The van der Waals surface area contributed by atoms with Gasteiger partial charge in [-0.1, -0.05) is 12.7 Å². The van der Waals surface area contributed by atoms with Crippen LogP contribution in [0.2, 0.25) is 0 Å². The molecule has 2 aliphatic heterocycles. The molecule has 1 fully saturated rings. The summed E-state index contributed by atoms with van der Waals surface area (Å²) in [6, 6.07) is 0. The van der Waals surface area contributed by atoms with E-state index >= 15 is 0 Å². The number of allylic oxidation sites excluding steroid dienone is 3. The molecule has 0 bridgehead atoms. The Balaban J connectivity index is 2.24. The number of aliphatic hydroxyl groups excluding tert-OH is 1. The van der Waals surface area contributed by atoms with Crippen LogP contribution in [0.3, 0.4) is 0 Å². The molecule has 2 aliphatic rings. The number of morpholine rings is 1. The Bertz CT molecular complexity index is 785. The number of hydrogen-bond acceptors (Lipinski definition) is 6. The molecule has 2 heterocycles. The highest BCUT2D eigenvalue weighted by Crippen LogP contribution is 2.22. The number of cyclic esters (lactones) is 1. The van der Waals surface area contributed by atoms with E-state index in [1.165, 1.54) is 12.2 Å². The van der Waals surface area contributed by atoms with Crippen LogP contribution in [0.4, 0.5) is 0 Å². The summed E-state index contributed by atoms with van der Waals surface area (Å²) in [5.74, 6) is 3.79. The Hall–Kier alpha value is -3.11. The number of esters is 1. The molecule has 0 saturated carbocycles. The molecule has 7 nitrogen and oxygen atoms in total. The van der Waals surface area contributed by atoms with Gasteiger partial charge < -0.3 is 19.5 Å². The summed E-state index contributed by atoms with van der Waals surface area (Å²) in [6.07, 6.45) is 3.23. The minimum absolute atomic E-state index is 0.00457. The third-order valence-electron chi connectivity index (χ3n) is 3.93. The van der Waals surface area contributed by atoms with Crippen LogP contribution >= 0.6 is 0 Å². The highest BCUT2D eigenvalue weighted by molar-refractivity contribution is 6.01. The lowest BCUT2D eigenvalue weighted by molar-refractivity contribution is -0.138. The van der Waals surface area contributed by atoms with Gasteiger partial charge in [-0.2, -0.15) is 0 Å². The van der Waals surface area contributed by atoms with Gasteiger partial charge in [0, 0.05) is 24.6 Å². The third kappa shape index (κ3) is 4.71. The van der Waals surface area contributed by atoms with E-state index in [-0.39, 0.29) is 29.4 Å². The molecule has 0 unspecified atom stereocenters. The van der Waals surface area contributed by atoms with Crippen molar-refractivity contribution in [2.24, 2.45) is 0 Å². The SMILES string of the molecule is C=C(C=O)/C(O)=C\C=C1/COC(=O)C(C#CC(=O)N2CCOCC2)=C1C. The molecule has 1 amide bonds. The van der Waals surface area contributed by atoms with E-state index in [9.17, 15) is 19.5 Å². The second-order valence-corrected chi connectivity index (χ2v) is 5.62. The first-order valence-electron chi connectivity index (χ1n) is 7.95. The first kappa shape index (κ1) is 19.2. The second-order valence-electron chi connectivity index (χ2n) is 5.62. The van der Waals surface area contributed by atoms with Crippen LogP contribution in [0.1, 0.15) is 6.92 Å². The highest BCUT2D eigenvalue weighted by Gasteiger charge is 2.22. The van der Waals surface area contributed by atoms with E-state index in [1.54, 1.807) is 11.8 Å². The maximum absolute atomic E-state index is 12.1. The number of aldehydes is 1. The van der Waals surface area contributed by atoms with Crippen molar-refractivity contribution in [3.05, 3.63) is 46.8 Å². The Morgan fingerprint density at radius 3 is 2.69 bits per heavy atom. The van der Waals surface area contributed by atoms with Crippen LogP contribution in [-0.4, -0.2) is 61.1 Å². The largest absolute Gasteiger partial charge is 0.507 e. The molecule has 0 spiro atoms. The summed E-state index contributed by atoms with van der Waals surface area (Å²) >= 11 is 0. The molecule has 26 heavy (non-hydrogen) atoms. The van der Waals surface area contributed by atoms with E-state index in [1.807, 2.05) is 0 Å². The van der Waals surface area contributed by atoms with Gasteiger partial charge in [0.2, 0.25) is 0 Å². The van der Waals surface area contributed by atoms with E-state index in [0.29, 0.717) is 43.7 Å². The minimum Gasteiger partial charge on any atom is -0.507 e. The van der Waals surface area contributed by atoms with Gasteiger partial charge in [0.1, 0.15) is 17.9 Å². The quantitative estimate of drug-likeness (QED) is 0.201. The van der Waals surface area contributed by atoms with Crippen LogP contribution in [0.15, 0.2) is 46.8 Å². The van der Waals surface area contributed by atoms with Gasteiger partial charge >= 0.3 is 5.97 Å². The lowest BCUT2D eigenvalue weighted by atomic mass is 9.99. The fraction of sp³-hybridized carbons (Fsp3) is 0.316. The average molecular weight is 357 g/mol. The number of amides is 1. The summed E-state index contributed by atoms with van der Waals surface area (Å²) in [4.78, 5) is 36.2. The normalized spacial score (nSPS) is 19.6. The van der Waals surface area contributed by atoms with Crippen molar-refractivity contribution in [3.8, 4) is 11.8 Å². The maximum Gasteiger partial charge on any atom is 0.347 e. The van der Waals surface area contributed by atoms with Crippen LogP contribution in [0.25, 0.3) is 0 Å². The lowest BCUT2D eigenvalue weighted by Gasteiger charge is -2.24. The minimum atomic E-state index is -0.604. The molecule has 7 heteroatoms. The van der Waals surface area contributed by atoms with Gasteiger partial charge in [0.05, 0.1) is 13.2 Å². The van der Waals surface area contributed by atoms with Crippen molar-refractivity contribution in [2.45, 2.75) is 6.92 Å². The number of ether oxygens (including phenoxy) is 2. The molecule has 0 aromatic carbocycles. The number of rotatable bonds is 3. The fourth-order valence-electron chi connectivity index (χ4n) is 2.26. The number of aliphatic hydroxyl groups is 1. The highest BCUT2D eigenvalue weighted by atomic mass is 16.5. The van der Waals surface area contributed by atoms with Gasteiger partial charge in [-0.3, -0.25) is 9.59 Å². The van der Waals surface area contributed by atoms with Crippen molar-refractivity contribution < 1.29 is 29.0 Å². The van der Waals surface area contributed by atoms with E-state index in [4.69, 9.17) is 9.47 Å². The first-order chi connectivity index (χ1) is 12.4. The summed E-state index contributed by atoms with van der Waals surface area (Å²) in [7, 11) is 0. The molecule has 0 atom stereocenters. The van der Waals surface area contributed by atoms with Gasteiger partial charge in [-0.25, -0.2) is 4.79 Å². The summed E-state index contributed by atoms with van der Waals surface area (Å²) in [5, 5.41) is 9.65. The Morgan fingerprint density at radius 1 is 1.35 bits per heavy atom. The monoisotopic (exact) mass is 357 g/mol. The standard InChI is InChI=1S/C19H19NO6/c1-13(11-21)17(22)5-3-15-12-26-19(24)16(14(15)2)4-6-18(23)20-7-9-25-10-8-20/h3,5,11,22H,1,7-10,12H2,2H3/b15-3+,17-5+. The molecular formula is C19H19NO6. The van der Waals surface area contributed by atoms with E-state index < -0.39 is 5.97 Å². The number of carbonyl (C=O) groups is 3. The summed E-state index contributed by atoms with van der Waals surface area (Å²) < 4.78 is 10.2. The van der Waals surface area contributed by atoms with Crippen LogP contribution in [-0.2, 0) is 23.9 Å². The predicted octanol–water partition coefficient (Wildman–Crippen LogP) is 0.845. The maximum atomic E-state index is 12.1. The lowest BCUT2D eigenvalue weighted by Crippen LogP contribution is -2.40. The fourth-order valence-corrected chi connectivity index (χ4v) is 2.26. The van der Waals surface area contributed by atoms with Gasteiger partial charge in [-0.05, 0) is 30.1 Å². The van der Waals surface area contributed by atoms with Crippen molar-refractivity contribution in [1.82, 2.24) is 4.90 Å². The zero-order valence-corrected chi connectivity index (χ0v) is 14.4. The summed E-state index contributed by atoms with van der Waals surface area (Å²) in [5.41, 5.74) is 1.17. The molecule has 2 rings (SSSR count). The predicted molar refractivity (Wildman–Crippen MR) is 92.8 cm³/mol. The van der Waals surface area contributed by atoms with Gasteiger partial charge in [-0.15, -0.1) is 0 Å². The zero-order chi connectivity index (χ0) is 19.1. The number of carbonyl (C=O) groups excluding carboxylic acids is 3. The van der Waals surface area contributed by atoms with Gasteiger partial charge in [0.15, 0.2) is 6.29 Å². The molecule has 0 radical (unpaired) electrons.